The average molecular weight is 538 g/mol. The molecule has 0 aliphatic carbocycles. The van der Waals surface area contributed by atoms with Gasteiger partial charge in [0.1, 0.15) is 12.4 Å². The predicted octanol–water partition coefficient (Wildman–Crippen LogP) is 6.81. The van der Waals surface area contributed by atoms with Gasteiger partial charge in [-0.1, -0.05) is 61.5 Å². The van der Waals surface area contributed by atoms with E-state index in [2.05, 4.69) is 95.8 Å². The van der Waals surface area contributed by atoms with Gasteiger partial charge in [-0.3, -0.25) is 9.69 Å². The molecule has 210 valence electrons. The lowest BCUT2D eigenvalue weighted by Crippen LogP contribution is -2.35. The van der Waals surface area contributed by atoms with E-state index in [9.17, 15) is 4.79 Å². The number of nitrogens with zero attached hydrogens (tertiary/aromatic N) is 2. The van der Waals surface area contributed by atoms with E-state index in [1.807, 2.05) is 12.1 Å². The van der Waals surface area contributed by atoms with Gasteiger partial charge in [-0.05, 0) is 117 Å². The van der Waals surface area contributed by atoms with Gasteiger partial charge in [0.25, 0.3) is 0 Å². The van der Waals surface area contributed by atoms with Gasteiger partial charge in [0, 0.05) is 18.2 Å². The van der Waals surface area contributed by atoms with E-state index in [0.717, 1.165) is 68.1 Å². The van der Waals surface area contributed by atoms with Crippen LogP contribution in [0.5, 0.6) is 5.75 Å². The Morgan fingerprint density at radius 2 is 1.45 bits per heavy atom. The van der Waals surface area contributed by atoms with Gasteiger partial charge in [-0.2, -0.15) is 0 Å². The molecule has 1 N–H and O–H groups in total. The minimum absolute atomic E-state index is 0.0900. The summed E-state index contributed by atoms with van der Waals surface area (Å²) in [6, 6.07) is 27.5. The zero-order valence-electron chi connectivity index (χ0n) is 24.1. The molecule has 2 saturated heterocycles. The van der Waals surface area contributed by atoms with Crippen LogP contribution in [-0.2, 0) is 4.79 Å². The van der Waals surface area contributed by atoms with Gasteiger partial charge in [0.15, 0.2) is 0 Å². The molecule has 5 heteroatoms. The van der Waals surface area contributed by atoms with Crippen LogP contribution in [0.1, 0.15) is 55.7 Å². The van der Waals surface area contributed by atoms with Gasteiger partial charge in [-0.15, -0.1) is 0 Å². The minimum Gasteiger partial charge on any atom is -0.492 e. The number of carbonyl (C=O) groups excluding carboxylic acids is 1. The van der Waals surface area contributed by atoms with E-state index >= 15 is 0 Å². The normalized spacial score (nSPS) is 17.4. The third kappa shape index (κ3) is 7.21. The van der Waals surface area contributed by atoms with Crippen LogP contribution in [0.15, 0.2) is 78.9 Å². The topological polar surface area (TPSA) is 44.8 Å². The number of piperidine rings is 1. The zero-order valence-corrected chi connectivity index (χ0v) is 24.1. The second kappa shape index (κ2) is 13.8. The van der Waals surface area contributed by atoms with Crippen LogP contribution < -0.4 is 10.1 Å². The monoisotopic (exact) mass is 537 g/mol. The van der Waals surface area contributed by atoms with E-state index in [4.69, 9.17) is 4.74 Å². The largest absolute Gasteiger partial charge is 0.492 e. The first-order valence-electron chi connectivity index (χ1n) is 14.9. The van der Waals surface area contributed by atoms with Crippen molar-refractivity contribution in [2.75, 3.05) is 51.7 Å². The van der Waals surface area contributed by atoms with Gasteiger partial charge in [-0.25, -0.2) is 0 Å². The molecule has 0 radical (unpaired) electrons. The van der Waals surface area contributed by atoms with Gasteiger partial charge >= 0.3 is 0 Å². The van der Waals surface area contributed by atoms with Gasteiger partial charge < -0.3 is 15.0 Å². The van der Waals surface area contributed by atoms with Crippen LogP contribution in [-0.4, -0.2) is 62.1 Å². The molecule has 0 aromatic heterocycles. The molecule has 2 aliphatic heterocycles. The summed E-state index contributed by atoms with van der Waals surface area (Å²) < 4.78 is 6.09. The Bertz CT molecular complexity index is 1250. The quantitative estimate of drug-likeness (QED) is 0.289. The van der Waals surface area contributed by atoms with E-state index in [1.54, 1.807) is 0 Å². The Morgan fingerprint density at radius 1 is 0.825 bits per heavy atom. The second-order valence-corrected chi connectivity index (χ2v) is 11.1. The van der Waals surface area contributed by atoms with Crippen molar-refractivity contribution < 1.29 is 9.53 Å². The van der Waals surface area contributed by atoms with Crippen molar-refractivity contribution in [1.82, 2.24) is 9.80 Å². The first kappa shape index (κ1) is 28.1. The Morgan fingerprint density at radius 3 is 2.08 bits per heavy atom. The summed E-state index contributed by atoms with van der Waals surface area (Å²) in [4.78, 5) is 17.6. The van der Waals surface area contributed by atoms with Crippen LogP contribution in [0.4, 0.5) is 5.69 Å². The molecule has 2 heterocycles. The standard InChI is InChI=1S/C35H43N3O2/c1-3-33(27-9-5-4-6-10-27)34(29-13-17-32(18-14-29)40-26-25-38-21-7-8-22-38)28-11-15-31(16-12-28)36-35(39)30-19-23-37(2)24-20-30/h4-6,9-18,30H,3,7-8,19-26H2,1-2H3,(H,36,39)/b34-33+. The molecule has 0 unspecified atom stereocenters. The smallest absolute Gasteiger partial charge is 0.227 e. The molecule has 0 saturated carbocycles. The van der Waals surface area contributed by atoms with E-state index in [1.165, 1.54) is 42.6 Å². The predicted molar refractivity (Wildman–Crippen MR) is 166 cm³/mol. The van der Waals surface area contributed by atoms with E-state index in [0.29, 0.717) is 0 Å². The number of rotatable bonds is 10. The maximum Gasteiger partial charge on any atom is 0.227 e. The lowest BCUT2D eigenvalue weighted by atomic mass is 9.88. The fourth-order valence-electron chi connectivity index (χ4n) is 5.93. The molecule has 3 aromatic carbocycles. The number of amides is 1. The van der Waals surface area contributed by atoms with Crippen molar-refractivity contribution in [2.45, 2.75) is 39.0 Å². The fraction of sp³-hybridized carbons (Fsp3) is 0.400. The molecule has 2 aliphatic rings. The Kier molecular flexibility index (Phi) is 9.69. The highest BCUT2D eigenvalue weighted by Gasteiger charge is 2.23. The lowest BCUT2D eigenvalue weighted by Gasteiger charge is -2.28. The molecule has 3 aromatic rings. The minimum atomic E-state index is 0.0900. The first-order chi connectivity index (χ1) is 19.6. The van der Waals surface area contributed by atoms with Gasteiger partial charge in [0.2, 0.25) is 5.91 Å². The van der Waals surface area contributed by atoms with E-state index in [-0.39, 0.29) is 11.8 Å². The summed E-state index contributed by atoms with van der Waals surface area (Å²) in [5, 5.41) is 3.16. The Balaban J connectivity index is 1.36. The van der Waals surface area contributed by atoms with Crippen molar-refractivity contribution in [3.8, 4) is 5.75 Å². The van der Waals surface area contributed by atoms with Crippen molar-refractivity contribution >= 4 is 22.7 Å². The summed E-state index contributed by atoms with van der Waals surface area (Å²) >= 11 is 0. The highest BCUT2D eigenvalue weighted by molar-refractivity contribution is 5.99. The Labute approximate surface area is 239 Å². The molecule has 0 spiro atoms. The number of likely N-dealkylation sites (tertiary alicyclic amines) is 2. The number of hydrogen-bond acceptors (Lipinski definition) is 4. The molecule has 5 nitrogen and oxygen atoms in total. The van der Waals surface area contributed by atoms with Crippen molar-refractivity contribution in [3.63, 3.8) is 0 Å². The van der Waals surface area contributed by atoms with Crippen LogP contribution in [0.2, 0.25) is 0 Å². The number of carbonyl (C=O) groups is 1. The molecule has 0 bridgehead atoms. The SMILES string of the molecule is CC/C(=C(/c1ccc(NC(=O)C2CCN(C)CC2)cc1)c1ccc(OCCN2CCCC2)cc1)c1ccccc1. The summed E-state index contributed by atoms with van der Waals surface area (Å²) in [6.45, 7) is 8.26. The highest BCUT2D eigenvalue weighted by atomic mass is 16.5. The first-order valence-corrected chi connectivity index (χ1v) is 14.9. The number of ether oxygens (including phenoxy) is 1. The van der Waals surface area contributed by atoms with Crippen molar-refractivity contribution in [3.05, 3.63) is 95.6 Å². The molecule has 2 fully saturated rings. The summed E-state index contributed by atoms with van der Waals surface area (Å²) in [6.07, 6.45) is 5.35. The molecule has 5 rings (SSSR count). The van der Waals surface area contributed by atoms with Gasteiger partial charge in [0.05, 0.1) is 0 Å². The van der Waals surface area contributed by atoms with Crippen molar-refractivity contribution in [1.29, 1.82) is 0 Å². The number of benzene rings is 3. The summed E-state index contributed by atoms with van der Waals surface area (Å²) in [5.74, 6) is 1.13. The maximum atomic E-state index is 12.9. The molecular weight excluding hydrogens is 494 g/mol. The van der Waals surface area contributed by atoms with Crippen LogP contribution in [0, 0.1) is 5.92 Å². The van der Waals surface area contributed by atoms with Crippen LogP contribution >= 0.6 is 0 Å². The molecular formula is C35H43N3O2. The molecule has 0 atom stereocenters. The van der Waals surface area contributed by atoms with Crippen molar-refractivity contribution in [2.24, 2.45) is 5.92 Å². The van der Waals surface area contributed by atoms with Crippen LogP contribution in [0.3, 0.4) is 0 Å². The number of allylic oxidation sites excluding steroid dienone is 1. The number of nitrogens with one attached hydrogen (secondary N) is 1. The molecule has 1 amide bonds. The fourth-order valence-corrected chi connectivity index (χ4v) is 5.93. The summed E-state index contributed by atoms with van der Waals surface area (Å²) in [7, 11) is 2.12. The highest BCUT2D eigenvalue weighted by Crippen LogP contribution is 2.35. The lowest BCUT2D eigenvalue weighted by molar-refractivity contribution is -0.121. The van der Waals surface area contributed by atoms with Crippen LogP contribution in [0.25, 0.3) is 11.1 Å². The third-order valence-electron chi connectivity index (χ3n) is 8.33. The Hall–Kier alpha value is -3.41. The average Bonchev–Trinajstić information content (AvgIpc) is 3.51. The molecule has 40 heavy (non-hydrogen) atoms. The number of hydrogen-bond donors (Lipinski definition) is 1. The summed E-state index contributed by atoms with van der Waals surface area (Å²) in [5.41, 5.74) is 6.89. The maximum absolute atomic E-state index is 12.9. The third-order valence-corrected chi connectivity index (χ3v) is 8.33. The number of anilines is 1. The zero-order chi connectivity index (χ0) is 27.7. The second-order valence-electron chi connectivity index (χ2n) is 11.1. The van der Waals surface area contributed by atoms with E-state index < -0.39 is 0 Å².